The first-order chi connectivity index (χ1) is 8.86. The van der Waals surface area contributed by atoms with Crippen molar-refractivity contribution in [3.63, 3.8) is 0 Å². The molecule has 18 heavy (non-hydrogen) atoms. The molecule has 0 bridgehead atoms. The second kappa shape index (κ2) is 6.10. The average Bonchev–Trinajstić information content (AvgIpc) is 2.42. The molecule has 0 fully saturated rings. The molecule has 2 nitrogen and oxygen atoms in total. The van der Waals surface area contributed by atoms with Crippen LogP contribution in [0.2, 0.25) is 0 Å². The number of benzene rings is 2. The molecule has 0 saturated carbocycles. The Hall–Kier alpha value is -1.96. The minimum atomic E-state index is 0.642. The quantitative estimate of drug-likeness (QED) is 0.588. The van der Waals surface area contributed by atoms with Crippen molar-refractivity contribution < 1.29 is 0 Å². The summed E-state index contributed by atoms with van der Waals surface area (Å²) in [7, 11) is 0. The lowest BCUT2D eigenvalue weighted by Gasteiger charge is -2.06. The van der Waals surface area contributed by atoms with Crippen LogP contribution in [0, 0.1) is 0 Å². The maximum absolute atomic E-state index is 4.68. The molecule has 0 heterocycles. The minimum absolute atomic E-state index is 0.642. The summed E-state index contributed by atoms with van der Waals surface area (Å²) in [6, 6.07) is 15.6. The fraction of sp³-hybridized carbons (Fsp3) is 0. The molecule has 0 aliphatic carbocycles. The summed E-state index contributed by atoms with van der Waals surface area (Å²) < 4.78 is 0. The predicted octanol–water partition coefficient (Wildman–Crippen LogP) is 4.82. The fourth-order valence-corrected chi connectivity index (χ4v) is 1.87. The highest BCUT2D eigenvalue weighted by molar-refractivity contribution is 7.78. The van der Waals surface area contributed by atoms with Gasteiger partial charge in [-0.1, -0.05) is 42.5 Å². The molecule has 0 saturated heterocycles. The highest BCUT2D eigenvalue weighted by Gasteiger charge is 2.08. The Balaban J connectivity index is 2.71. The van der Waals surface area contributed by atoms with Crippen molar-refractivity contribution in [3.05, 3.63) is 48.5 Å². The summed E-state index contributed by atoms with van der Waals surface area (Å²) in [5.41, 5.74) is 3.29. The zero-order valence-corrected chi connectivity index (χ0v) is 11.0. The van der Waals surface area contributed by atoms with Crippen molar-refractivity contribution in [2.45, 2.75) is 0 Å². The van der Waals surface area contributed by atoms with Gasteiger partial charge >= 0.3 is 0 Å². The van der Waals surface area contributed by atoms with Crippen LogP contribution < -0.4 is 0 Å². The highest BCUT2D eigenvalue weighted by Crippen LogP contribution is 2.37. The van der Waals surface area contributed by atoms with Crippen molar-refractivity contribution in [3.8, 4) is 11.1 Å². The number of para-hydroxylation sites is 1. The summed E-state index contributed by atoms with van der Waals surface area (Å²) in [6.45, 7) is 0. The first-order valence-electron chi connectivity index (χ1n) is 5.21. The molecule has 4 heteroatoms. The van der Waals surface area contributed by atoms with Gasteiger partial charge in [-0.25, -0.2) is 0 Å². The number of hydrogen-bond donors (Lipinski definition) is 0. The molecule has 0 atom stereocenters. The Bertz CT molecular complexity index is 653. The van der Waals surface area contributed by atoms with Crippen LogP contribution in [0.15, 0.2) is 58.5 Å². The average molecular weight is 268 g/mol. The molecule has 2 aromatic rings. The van der Waals surface area contributed by atoms with Crippen molar-refractivity contribution in [2.24, 2.45) is 9.98 Å². The van der Waals surface area contributed by atoms with E-state index in [4.69, 9.17) is 0 Å². The van der Waals surface area contributed by atoms with Crippen molar-refractivity contribution in [2.75, 3.05) is 0 Å². The van der Waals surface area contributed by atoms with Gasteiger partial charge in [-0.05, 0) is 36.1 Å². The molecule has 0 spiro atoms. The molecule has 0 amide bonds. The zero-order valence-electron chi connectivity index (χ0n) is 9.33. The summed E-state index contributed by atoms with van der Waals surface area (Å²) in [5, 5.41) is 4.73. The van der Waals surface area contributed by atoms with Gasteiger partial charge in [0.15, 0.2) is 0 Å². The van der Waals surface area contributed by atoms with Crippen LogP contribution in [0.25, 0.3) is 11.1 Å². The summed E-state index contributed by atoms with van der Waals surface area (Å²) in [5.74, 6) is 0. The summed E-state index contributed by atoms with van der Waals surface area (Å²) >= 11 is 9.32. The number of hydrogen-bond acceptors (Lipinski definition) is 4. The van der Waals surface area contributed by atoms with E-state index in [1.54, 1.807) is 0 Å². The number of aliphatic imine (C=N–C) groups is 2. The molecule has 0 aliphatic rings. The van der Waals surface area contributed by atoms with Gasteiger partial charge in [-0.2, -0.15) is 9.98 Å². The first-order valence-corrected chi connectivity index (χ1v) is 6.02. The number of isothiocyanates is 2. The molecule has 0 aromatic heterocycles. The molecule has 2 rings (SSSR count). The lowest BCUT2D eigenvalue weighted by atomic mass is 10.0. The van der Waals surface area contributed by atoms with Gasteiger partial charge in [0.1, 0.15) is 11.4 Å². The highest BCUT2D eigenvalue weighted by atomic mass is 32.1. The molecule has 0 unspecified atom stereocenters. The van der Waals surface area contributed by atoms with Crippen LogP contribution in [0.1, 0.15) is 0 Å². The normalized spacial score (nSPS) is 9.11. The first kappa shape index (κ1) is 12.5. The van der Waals surface area contributed by atoms with Crippen LogP contribution in [-0.4, -0.2) is 10.3 Å². The third kappa shape index (κ3) is 2.65. The Morgan fingerprint density at radius 1 is 0.778 bits per heavy atom. The predicted molar refractivity (Wildman–Crippen MR) is 81.3 cm³/mol. The molecule has 0 N–H and O–H groups in total. The largest absolute Gasteiger partial charge is 0.192 e. The fourth-order valence-electron chi connectivity index (χ4n) is 1.68. The Morgan fingerprint density at radius 3 is 2.17 bits per heavy atom. The monoisotopic (exact) mass is 268 g/mol. The second-order valence-electron chi connectivity index (χ2n) is 3.45. The van der Waals surface area contributed by atoms with Gasteiger partial charge in [-0.15, -0.1) is 0 Å². The minimum Gasteiger partial charge on any atom is -0.192 e. The topological polar surface area (TPSA) is 24.7 Å². The zero-order chi connectivity index (χ0) is 12.8. The molecule has 0 aliphatic heterocycles. The van der Waals surface area contributed by atoms with Gasteiger partial charge in [-0.3, -0.25) is 0 Å². The molecule has 86 valence electrons. The third-order valence-corrected chi connectivity index (χ3v) is 2.61. The molecular weight excluding hydrogens is 260 g/mol. The number of nitrogens with zero attached hydrogens (tertiary/aromatic N) is 2. The lowest BCUT2D eigenvalue weighted by Crippen LogP contribution is -1.79. The van der Waals surface area contributed by atoms with Crippen molar-refractivity contribution in [1.29, 1.82) is 0 Å². The van der Waals surface area contributed by atoms with Crippen LogP contribution >= 0.6 is 24.4 Å². The van der Waals surface area contributed by atoms with E-state index >= 15 is 0 Å². The van der Waals surface area contributed by atoms with Crippen molar-refractivity contribution >= 4 is 46.1 Å². The van der Waals surface area contributed by atoms with E-state index in [0.717, 1.165) is 11.1 Å². The van der Waals surface area contributed by atoms with Crippen LogP contribution in [-0.2, 0) is 0 Å². The third-order valence-electron chi connectivity index (χ3n) is 2.42. The van der Waals surface area contributed by atoms with E-state index in [-0.39, 0.29) is 0 Å². The van der Waals surface area contributed by atoms with E-state index < -0.39 is 0 Å². The molecule has 0 radical (unpaired) electrons. The van der Waals surface area contributed by atoms with Crippen molar-refractivity contribution in [1.82, 2.24) is 0 Å². The molecular formula is C14H8N2S2. The Morgan fingerprint density at radius 2 is 1.50 bits per heavy atom. The van der Waals surface area contributed by atoms with Gasteiger partial charge < -0.3 is 0 Å². The van der Waals surface area contributed by atoms with Gasteiger partial charge in [0.2, 0.25) is 0 Å². The Kier molecular flexibility index (Phi) is 4.24. The summed E-state index contributed by atoms with van der Waals surface area (Å²) in [4.78, 5) is 8.08. The van der Waals surface area contributed by atoms with Gasteiger partial charge in [0, 0.05) is 5.56 Å². The van der Waals surface area contributed by atoms with Crippen LogP contribution in [0.3, 0.4) is 0 Å². The summed E-state index contributed by atoms with van der Waals surface area (Å²) in [6.07, 6.45) is 0. The van der Waals surface area contributed by atoms with E-state index in [2.05, 4.69) is 44.7 Å². The van der Waals surface area contributed by atoms with Gasteiger partial charge in [0.25, 0.3) is 0 Å². The van der Waals surface area contributed by atoms with E-state index in [1.807, 2.05) is 48.5 Å². The van der Waals surface area contributed by atoms with Gasteiger partial charge in [0.05, 0.1) is 10.3 Å². The van der Waals surface area contributed by atoms with Crippen LogP contribution in [0.5, 0.6) is 0 Å². The van der Waals surface area contributed by atoms with E-state index in [0.29, 0.717) is 11.4 Å². The van der Waals surface area contributed by atoms with Crippen LogP contribution in [0.4, 0.5) is 11.4 Å². The maximum Gasteiger partial charge on any atom is 0.108 e. The lowest BCUT2D eigenvalue weighted by molar-refractivity contribution is 1.47. The standard InChI is InChI=1S/C14H8N2S2/c17-9-15-13-8-4-7-12(14(13)16-10-18)11-5-2-1-3-6-11/h1-8H. The number of thiocarbonyl (C=S) groups is 2. The maximum atomic E-state index is 4.68. The van der Waals surface area contributed by atoms with E-state index in [1.165, 1.54) is 0 Å². The number of rotatable bonds is 3. The smallest absolute Gasteiger partial charge is 0.108 e. The molecule has 2 aromatic carbocycles. The Labute approximate surface area is 116 Å². The van der Waals surface area contributed by atoms with E-state index in [9.17, 15) is 0 Å². The SMILES string of the molecule is S=C=Nc1cccc(-c2ccccc2)c1N=C=S. The second-order valence-corrected chi connectivity index (χ2v) is 3.81.